The normalized spacial score (nSPS) is 52.9. The van der Waals surface area contributed by atoms with Crippen molar-refractivity contribution in [3.05, 3.63) is 36.5 Å². The second kappa shape index (κ2) is 16.0. The molecule has 3 spiro atoms. The minimum absolute atomic E-state index is 0.0210. The molecule has 0 radical (unpaired) electrons. The van der Waals surface area contributed by atoms with Gasteiger partial charge in [-0.3, -0.25) is 10.1 Å². The highest BCUT2D eigenvalue weighted by atomic mass is 16.8. The van der Waals surface area contributed by atoms with Crippen molar-refractivity contribution in [2.45, 2.75) is 209 Å². The van der Waals surface area contributed by atoms with E-state index < -0.39 is 53.2 Å². The summed E-state index contributed by atoms with van der Waals surface area (Å²) in [6, 6.07) is 0. The van der Waals surface area contributed by atoms with Crippen molar-refractivity contribution in [2.75, 3.05) is 6.54 Å². The lowest BCUT2D eigenvalue weighted by molar-refractivity contribution is -0.367. The number of rotatable bonds is 9. The molecular formula is C47H71NO12. The van der Waals surface area contributed by atoms with E-state index >= 15 is 0 Å². The number of fused-ring (bicyclic) bond motifs is 5. The van der Waals surface area contributed by atoms with Crippen LogP contribution in [-0.2, 0) is 42.7 Å². The topological polar surface area (TPSA) is 164 Å². The molecule has 0 saturated carbocycles. The van der Waals surface area contributed by atoms with Crippen LogP contribution >= 0.6 is 0 Å². The predicted molar refractivity (Wildman–Crippen MR) is 219 cm³/mol. The van der Waals surface area contributed by atoms with Crippen LogP contribution in [0.4, 0.5) is 0 Å². The van der Waals surface area contributed by atoms with Gasteiger partial charge in [-0.1, -0.05) is 66.3 Å². The highest BCUT2D eigenvalue weighted by molar-refractivity contribution is 5.66. The van der Waals surface area contributed by atoms with Crippen LogP contribution in [-0.4, -0.2) is 112 Å². The van der Waals surface area contributed by atoms with Gasteiger partial charge in [-0.05, 0) is 73.8 Å². The Labute approximate surface area is 355 Å². The van der Waals surface area contributed by atoms with Crippen molar-refractivity contribution >= 4 is 5.97 Å². The summed E-state index contributed by atoms with van der Waals surface area (Å²) >= 11 is 0. The van der Waals surface area contributed by atoms with Crippen LogP contribution in [0.1, 0.15) is 125 Å². The first-order chi connectivity index (χ1) is 28.4. The maximum absolute atomic E-state index is 12.4. The first kappa shape index (κ1) is 43.5. The fourth-order valence-corrected chi connectivity index (χ4v) is 12.8. The van der Waals surface area contributed by atoms with Crippen LogP contribution in [0.5, 0.6) is 0 Å². The first-order valence-corrected chi connectivity index (χ1v) is 23.3. The fourth-order valence-electron chi connectivity index (χ4n) is 12.8. The van der Waals surface area contributed by atoms with E-state index in [1.54, 1.807) is 0 Å². The molecule has 9 rings (SSSR count). The van der Waals surface area contributed by atoms with E-state index in [4.69, 9.17) is 43.0 Å². The molecule has 20 atom stereocenters. The molecule has 336 valence electrons. The summed E-state index contributed by atoms with van der Waals surface area (Å²) < 4.78 is 54.1. The number of aliphatic hydroxyl groups excluding tert-OH is 1. The van der Waals surface area contributed by atoms with Gasteiger partial charge in [-0.25, -0.2) is 0 Å². The molecule has 0 aromatic carbocycles. The minimum Gasteiger partial charge on any atom is -0.481 e. The zero-order chi connectivity index (χ0) is 42.4. The maximum atomic E-state index is 12.4. The Kier molecular flexibility index (Phi) is 11.6. The van der Waals surface area contributed by atoms with Crippen LogP contribution in [0.2, 0.25) is 0 Å². The number of hydrogen-bond acceptors (Lipinski definition) is 12. The number of carboxylic acids is 1. The number of hydrogen-bond donors (Lipinski definition) is 4. The fraction of sp³-hybridized carbons (Fsp3) is 0.851. The van der Waals surface area contributed by atoms with Crippen LogP contribution in [0, 0.1) is 35.5 Å². The molecule has 0 amide bonds. The van der Waals surface area contributed by atoms with Gasteiger partial charge in [0.2, 0.25) is 0 Å². The maximum Gasteiger partial charge on any atom is 0.303 e. The molecular weight excluding hydrogens is 771 g/mol. The number of piperidine rings is 1. The minimum atomic E-state index is -1.88. The lowest BCUT2D eigenvalue weighted by Crippen LogP contribution is -2.62. The zero-order valence-electron chi connectivity index (χ0n) is 36.6. The molecule has 8 saturated heterocycles. The van der Waals surface area contributed by atoms with E-state index in [-0.39, 0.29) is 60.8 Å². The molecule has 2 bridgehead atoms. The molecule has 9 aliphatic rings. The quantitative estimate of drug-likeness (QED) is 0.193. The van der Waals surface area contributed by atoms with Gasteiger partial charge in [-0.15, -0.1) is 0 Å². The van der Waals surface area contributed by atoms with E-state index in [1.807, 2.05) is 25.2 Å². The van der Waals surface area contributed by atoms with Gasteiger partial charge in [0.15, 0.2) is 23.1 Å². The summed E-state index contributed by atoms with van der Waals surface area (Å²) in [5.41, 5.74) is 0.390. The Balaban J connectivity index is 0.846. The van der Waals surface area contributed by atoms with Crippen LogP contribution in [0.15, 0.2) is 36.5 Å². The first-order valence-electron chi connectivity index (χ1n) is 23.3. The zero-order valence-corrected chi connectivity index (χ0v) is 36.6. The van der Waals surface area contributed by atoms with Crippen LogP contribution in [0.25, 0.3) is 0 Å². The molecule has 8 fully saturated rings. The van der Waals surface area contributed by atoms with Crippen LogP contribution < -0.4 is 5.32 Å². The third-order valence-corrected chi connectivity index (χ3v) is 15.9. The van der Waals surface area contributed by atoms with Crippen LogP contribution in [0.3, 0.4) is 0 Å². The molecule has 0 aromatic rings. The van der Waals surface area contributed by atoms with E-state index in [9.17, 15) is 15.0 Å². The Morgan fingerprint density at radius 3 is 2.45 bits per heavy atom. The number of aliphatic carboxylic acids is 1. The molecule has 9 aliphatic heterocycles. The average Bonchev–Trinajstić information content (AvgIpc) is 3.87. The summed E-state index contributed by atoms with van der Waals surface area (Å²) in [6.45, 7) is 18.5. The van der Waals surface area contributed by atoms with Crippen molar-refractivity contribution in [2.24, 2.45) is 35.5 Å². The molecule has 4 N–H and O–H groups in total. The SMILES string of the molecule is C=C(C[C@]12CC(C)CC(O1)C1O[C@@]3(CC1O2)NCC(C)CC3C)C1O[C@@](O)(C(O)C2CC3O[C@@]4(CC[C@]5(C=CCC(C=CCCC(=O)O)O5)O4)C(C)CC3O2)C(C)CC1C. The van der Waals surface area contributed by atoms with Gasteiger partial charge in [0, 0.05) is 63.3 Å². The lowest BCUT2D eigenvalue weighted by atomic mass is 9.76. The van der Waals surface area contributed by atoms with Crippen molar-refractivity contribution < 1.29 is 58.0 Å². The van der Waals surface area contributed by atoms with Gasteiger partial charge in [-0.2, -0.15) is 0 Å². The molecule has 0 aliphatic carbocycles. The van der Waals surface area contributed by atoms with Crippen molar-refractivity contribution in [3.8, 4) is 0 Å². The summed E-state index contributed by atoms with van der Waals surface area (Å²) in [5, 5.41) is 37.3. The Morgan fingerprint density at radius 2 is 1.67 bits per heavy atom. The number of carboxylic acid groups (broad SMARTS) is 1. The van der Waals surface area contributed by atoms with Gasteiger partial charge in [0.1, 0.15) is 17.9 Å². The van der Waals surface area contributed by atoms with Gasteiger partial charge in [0.05, 0.1) is 42.7 Å². The molecule has 9 heterocycles. The average molecular weight is 842 g/mol. The van der Waals surface area contributed by atoms with Crippen molar-refractivity contribution in [1.29, 1.82) is 0 Å². The molecule has 13 heteroatoms. The number of aliphatic hydroxyl groups is 2. The number of ether oxygens (including phenoxy) is 8. The molecule has 15 unspecified atom stereocenters. The number of carbonyl (C=O) groups is 1. The molecule has 0 aromatic heterocycles. The molecule has 13 nitrogen and oxygen atoms in total. The highest BCUT2D eigenvalue weighted by Crippen LogP contribution is 2.55. The van der Waals surface area contributed by atoms with E-state index in [0.717, 1.165) is 37.8 Å². The summed E-state index contributed by atoms with van der Waals surface area (Å²) in [7, 11) is 0. The summed E-state index contributed by atoms with van der Waals surface area (Å²) in [6.07, 6.45) is 12.2. The monoisotopic (exact) mass is 841 g/mol. The third kappa shape index (κ3) is 7.81. The second-order valence-corrected chi connectivity index (χ2v) is 20.9. The van der Waals surface area contributed by atoms with Crippen molar-refractivity contribution in [1.82, 2.24) is 5.32 Å². The predicted octanol–water partition coefficient (Wildman–Crippen LogP) is 6.26. The smallest absolute Gasteiger partial charge is 0.303 e. The Hall–Kier alpha value is -1.75. The second-order valence-electron chi connectivity index (χ2n) is 20.9. The summed E-state index contributed by atoms with van der Waals surface area (Å²) in [4.78, 5) is 11.0. The van der Waals surface area contributed by atoms with E-state index in [1.165, 1.54) is 0 Å². The largest absolute Gasteiger partial charge is 0.481 e. The Morgan fingerprint density at radius 1 is 0.867 bits per heavy atom. The van der Waals surface area contributed by atoms with Gasteiger partial charge < -0.3 is 53.2 Å². The van der Waals surface area contributed by atoms with Crippen molar-refractivity contribution in [3.63, 3.8) is 0 Å². The van der Waals surface area contributed by atoms with Gasteiger partial charge >= 0.3 is 5.97 Å². The number of nitrogens with one attached hydrogen (secondary N) is 1. The number of allylic oxidation sites excluding steroid dienone is 1. The lowest BCUT2D eigenvalue weighted by Gasteiger charge is -2.53. The van der Waals surface area contributed by atoms with Gasteiger partial charge in [0.25, 0.3) is 0 Å². The summed E-state index contributed by atoms with van der Waals surface area (Å²) in [5.74, 6) is -4.41. The highest BCUT2D eigenvalue weighted by Gasteiger charge is 2.64. The third-order valence-electron chi connectivity index (χ3n) is 15.9. The molecule has 60 heavy (non-hydrogen) atoms. The Bertz CT molecular complexity index is 1690. The van der Waals surface area contributed by atoms with E-state index in [2.05, 4.69) is 52.6 Å². The van der Waals surface area contributed by atoms with E-state index in [0.29, 0.717) is 69.1 Å². The standard InChI is InChI=1S/C47H71NO12/c1-26-18-36-41-38(24-45(58-41)30(5)17-27(2)25-48-45)56-44(22-26,55-36)23-29(4)40-28(3)19-32(7)47(52,59-40)42(51)37-21-35-34(53-37)20-31(6)46(57-35)16-15-43(60-46)14-10-12-33(54-43)11-8-9-13-39(49)50/h8,10-11,14,26-28,30-38,40-42,48,51-52H,4,9,12-13,15-25H2,1-3,5-7H3,(H,49,50)/t26?,27?,28?,30?,31?,32?,33?,34?,35?,36?,37?,38?,40?,41?,42?,43-,44+,45+,46+,47+/m0/s1.